The lowest BCUT2D eigenvalue weighted by Gasteiger charge is -2.17. The molecule has 4 nitrogen and oxygen atoms in total. The normalized spacial score (nSPS) is 11.5. The maximum atomic E-state index is 5.98. The van der Waals surface area contributed by atoms with Crippen molar-refractivity contribution in [2.24, 2.45) is 0 Å². The van der Waals surface area contributed by atoms with Gasteiger partial charge in [-0.2, -0.15) is 0 Å². The Hall–Kier alpha value is -2.82. The van der Waals surface area contributed by atoms with E-state index in [0.29, 0.717) is 6.61 Å². The first-order valence-corrected chi connectivity index (χ1v) is 15.1. The minimum absolute atomic E-state index is 0.538. The number of aryl methyl sites for hydroxylation is 4. The van der Waals surface area contributed by atoms with Gasteiger partial charge in [-0.05, 0) is 105 Å². The van der Waals surface area contributed by atoms with E-state index in [4.69, 9.17) is 21.3 Å². The van der Waals surface area contributed by atoms with Gasteiger partial charge in [-0.15, -0.1) is 0 Å². The lowest BCUT2D eigenvalue weighted by molar-refractivity contribution is 0.297. The summed E-state index contributed by atoms with van der Waals surface area (Å²) in [5, 5.41) is 0.744. The average molecular weight is 546 g/mol. The summed E-state index contributed by atoms with van der Waals surface area (Å²) in [7, 11) is 0. The molecule has 4 rings (SSSR count). The van der Waals surface area contributed by atoms with Gasteiger partial charge in [0.05, 0.1) is 11.0 Å². The van der Waals surface area contributed by atoms with Gasteiger partial charge in [0.25, 0.3) is 0 Å². The molecule has 4 aromatic rings. The van der Waals surface area contributed by atoms with Crippen LogP contribution in [0.2, 0.25) is 5.02 Å². The molecule has 0 saturated heterocycles. The minimum atomic E-state index is 0.538. The molecule has 0 aliphatic rings. The van der Waals surface area contributed by atoms with Crippen LogP contribution in [-0.4, -0.2) is 34.1 Å². The van der Waals surface area contributed by atoms with Crippen molar-refractivity contribution in [3.63, 3.8) is 0 Å². The van der Waals surface area contributed by atoms with Crippen LogP contribution in [-0.2, 0) is 32.4 Å². The molecule has 208 valence electrons. The van der Waals surface area contributed by atoms with E-state index in [-0.39, 0.29) is 0 Å². The molecule has 0 radical (unpaired) electrons. The van der Waals surface area contributed by atoms with Gasteiger partial charge in [-0.1, -0.05) is 69.1 Å². The van der Waals surface area contributed by atoms with Crippen molar-refractivity contribution in [1.29, 1.82) is 0 Å². The lowest BCUT2D eigenvalue weighted by Crippen LogP contribution is -2.23. The largest absolute Gasteiger partial charge is 0.489 e. The second kappa shape index (κ2) is 15.1. The molecule has 0 N–H and O–H groups in total. The number of hydrogen-bond acceptors (Lipinski definition) is 3. The van der Waals surface area contributed by atoms with E-state index >= 15 is 0 Å². The molecule has 1 aromatic heterocycles. The lowest BCUT2D eigenvalue weighted by atomic mass is 10.1. The third-order valence-corrected chi connectivity index (χ3v) is 7.84. The van der Waals surface area contributed by atoms with Crippen molar-refractivity contribution in [1.82, 2.24) is 14.5 Å². The number of halogens is 1. The fourth-order valence-corrected chi connectivity index (χ4v) is 5.22. The van der Waals surface area contributed by atoms with Gasteiger partial charge in [-0.25, -0.2) is 4.98 Å². The number of unbranched alkanes of at least 4 members (excludes halogenated alkanes) is 2. The molecular formula is C34H44ClN3O. The summed E-state index contributed by atoms with van der Waals surface area (Å²) >= 11 is 5.98. The van der Waals surface area contributed by atoms with Crippen LogP contribution in [0, 0.1) is 0 Å². The van der Waals surface area contributed by atoms with Crippen molar-refractivity contribution in [2.45, 2.75) is 78.9 Å². The predicted octanol–water partition coefficient (Wildman–Crippen LogP) is 8.52. The standard InChI is InChI=1S/C34H44ClN3O/c1-4-7-24-38-33-25-28(10-8-9-23-37(5-2)6-3)15-21-32(33)36-34(38)22-16-27-13-19-31(20-14-27)39-26-29-11-17-30(35)18-12-29/h11-15,17-21,25H,4-10,16,22-24,26H2,1-3H3. The second-order valence-electron chi connectivity index (χ2n) is 10.4. The zero-order valence-electron chi connectivity index (χ0n) is 24.0. The Labute approximate surface area is 240 Å². The molecule has 0 bridgehead atoms. The Morgan fingerprint density at radius 1 is 0.769 bits per heavy atom. The number of benzene rings is 3. The zero-order chi connectivity index (χ0) is 27.5. The molecule has 3 aromatic carbocycles. The van der Waals surface area contributed by atoms with E-state index in [1.165, 1.54) is 54.7 Å². The van der Waals surface area contributed by atoms with E-state index in [1.807, 2.05) is 24.3 Å². The highest BCUT2D eigenvalue weighted by molar-refractivity contribution is 6.30. The van der Waals surface area contributed by atoms with Crippen molar-refractivity contribution in [3.05, 3.63) is 94.3 Å². The summed E-state index contributed by atoms with van der Waals surface area (Å²) in [4.78, 5) is 7.58. The molecule has 0 unspecified atom stereocenters. The van der Waals surface area contributed by atoms with Gasteiger partial charge in [-0.3, -0.25) is 0 Å². The zero-order valence-corrected chi connectivity index (χ0v) is 24.7. The van der Waals surface area contributed by atoms with Crippen molar-refractivity contribution in [2.75, 3.05) is 19.6 Å². The molecule has 0 aliphatic heterocycles. The number of imidazole rings is 1. The van der Waals surface area contributed by atoms with Crippen LogP contribution < -0.4 is 4.74 Å². The van der Waals surface area contributed by atoms with Crippen LogP contribution in [0.4, 0.5) is 0 Å². The van der Waals surface area contributed by atoms with Gasteiger partial charge in [0.15, 0.2) is 0 Å². The third-order valence-electron chi connectivity index (χ3n) is 7.59. The Balaban J connectivity index is 1.37. The van der Waals surface area contributed by atoms with Gasteiger partial charge < -0.3 is 14.2 Å². The summed E-state index contributed by atoms with van der Waals surface area (Å²) in [5.41, 5.74) is 6.26. The molecule has 0 saturated carbocycles. The minimum Gasteiger partial charge on any atom is -0.489 e. The SMILES string of the molecule is CCCCn1c(CCc2ccc(OCc3ccc(Cl)cc3)cc2)nc2ccc(CCCCN(CC)CC)cc21. The van der Waals surface area contributed by atoms with Crippen LogP contribution in [0.25, 0.3) is 11.0 Å². The number of rotatable bonds is 16. The quantitative estimate of drug-likeness (QED) is 0.132. The highest BCUT2D eigenvalue weighted by Crippen LogP contribution is 2.22. The predicted molar refractivity (Wildman–Crippen MR) is 165 cm³/mol. The first-order chi connectivity index (χ1) is 19.1. The van der Waals surface area contributed by atoms with Crippen molar-refractivity contribution >= 4 is 22.6 Å². The fourth-order valence-electron chi connectivity index (χ4n) is 5.09. The highest BCUT2D eigenvalue weighted by Gasteiger charge is 2.12. The molecule has 0 fully saturated rings. The molecule has 0 amide bonds. The Kier molecular flexibility index (Phi) is 11.3. The summed E-state index contributed by atoms with van der Waals surface area (Å²) < 4.78 is 8.43. The number of fused-ring (bicyclic) bond motifs is 1. The van der Waals surface area contributed by atoms with Gasteiger partial charge in [0, 0.05) is 18.0 Å². The van der Waals surface area contributed by atoms with Crippen LogP contribution in [0.3, 0.4) is 0 Å². The van der Waals surface area contributed by atoms with E-state index in [0.717, 1.165) is 60.7 Å². The Morgan fingerprint density at radius 3 is 2.21 bits per heavy atom. The van der Waals surface area contributed by atoms with E-state index < -0.39 is 0 Å². The highest BCUT2D eigenvalue weighted by atomic mass is 35.5. The number of aromatic nitrogens is 2. The van der Waals surface area contributed by atoms with Crippen LogP contribution in [0.5, 0.6) is 5.75 Å². The molecule has 0 spiro atoms. The van der Waals surface area contributed by atoms with Crippen molar-refractivity contribution in [3.8, 4) is 5.75 Å². The molecular weight excluding hydrogens is 502 g/mol. The van der Waals surface area contributed by atoms with Crippen LogP contribution in [0.1, 0.15) is 69.0 Å². The summed E-state index contributed by atoms with van der Waals surface area (Å²) in [6, 6.07) is 23.2. The molecule has 5 heteroatoms. The van der Waals surface area contributed by atoms with Crippen molar-refractivity contribution < 1.29 is 4.74 Å². The second-order valence-corrected chi connectivity index (χ2v) is 10.8. The smallest absolute Gasteiger partial charge is 0.119 e. The van der Waals surface area contributed by atoms with E-state index in [2.05, 4.69) is 72.7 Å². The summed E-state index contributed by atoms with van der Waals surface area (Å²) in [6.45, 7) is 11.8. The van der Waals surface area contributed by atoms with E-state index in [9.17, 15) is 0 Å². The number of hydrogen-bond donors (Lipinski definition) is 0. The first-order valence-electron chi connectivity index (χ1n) is 14.8. The maximum Gasteiger partial charge on any atom is 0.119 e. The number of ether oxygens (including phenoxy) is 1. The van der Waals surface area contributed by atoms with Gasteiger partial charge in [0.2, 0.25) is 0 Å². The maximum absolute atomic E-state index is 5.98. The van der Waals surface area contributed by atoms with Gasteiger partial charge >= 0.3 is 0 Å². The monoisotopic (exact) mass is 545 g/mol. The van der Waals surface area contributed by atoms with Crippen LogP contribution >= 0.6 is 11.6 Å². The topological polar surface area (TPSA) is 30.3 Å². The molecule has 0 atom stereocenters. The summed E-state index contributed by atoms with van der Waals surface area (Å²) in [5.74, 6) is 2.08. The number of nitrogens with zero attached hydrogens (tertiary/aromatic N) is 3. The Bertz CT molecular complexity index is 1280. The third kappa shape index (κ3) is 8.58. The molecule has 39 heavy (non-hydrogen) atoms. The summed E-state index contributed by atoms with van der Waals surface area (Å²) in [6.07, 6.45) is 7.88. The first kappa shape index (κ1) is 29.2. The fraction of sp³-hybridized carbons (Fsp3) is 0.441. The van der Waals surface area contributed by atoms with Gasteiger partial charge in [0.1, 0.15) is 18.2 Å². The molecule has 1 heterocycles. The molecule has 0 aliphatic carbocycles. The van der Waals surface area contributed by atoms with Crippen LogP contribution in [0.15, 0.2) is 66.7 Å². The average Bonchev–Trinajstić information content (AvgIpc) is 3.31. The van der Waals surface area contributed by atoms with E-state index in [1.54, 1.807) is 0 Å². The Morgan fingerprint density at radius 2 is 1.49 bits per heavy atom.